The highest BCUT2D eigenvalue weighted by Gasteiger charge is 2.35. The summed E-state index contributed by atoms with van der Waals surface area (Å²) >= 11 is 6.23. The largest absolute Gasteiger partial charge is 0.293 e. The molecule has 1 aliphatic heterocycles. The van der Waals surface area contributed by atoms with E-state index in [0.29, 0.717) is 27.6 Å². The zero-order valence-electron chi connectivity index (χ0n) is 14.6. The quantitative estimate of drug-likeness (QED) is 0.537. The molecule has 0 unspecified atom stereocenters. The van der Waals surface area contributed by atoms with Crippen LogP contribution in [0.4, 0.5) is 0 Å². The van der Waals surface area contributed by atoms with E-state index < -0.39 is 9.84 Å². The summed E-state index contributed by atoms with van der Waals surface area (Å²) in [4.78, 5) is 12.1. The van der Waals surface area contributed by atoms with Gasteiger partial charge in [0.2, 0.25) is 0 Å². The van der Waals surface area contributed by atoms with Crippen LogP contribution in [-0.4, -0.2) is 24.0 Å². The molecule has 1 aromatic rings. The van der Waals surface area contributed by atoms with Gasteiger partial charge < -0.3 is 0 Å². The molecule has 2 heterocycles. The molecule has 1 aromatic heterocycles. The summed E-state index contributed by atoms with van der Waals surface area (Å²) in [6, 6.07) is 0. The number of rotatable bonds is 6. The van der Waals surface area contributed by atoms with Crippen LogP contribution in [-0.2, 0) is 15.6 Å². The second-order valence-corrected chi connectivity index (χ2v) is 8.13. The molecule has 0 saturated heterocycles. The number of nitrogens with zero attached hydrogens (tertiary/aromatic N) is 2. The molecule has 0 bridgehead atoms. The van der Waals surface area contributed by atoms with Crippen LogP contribution in [0.3, 0.4) is 0 Å². The molecule has 0 atom stereocenters. The Labute approximate surface area is 158 Å². The third kappa shape index (κ3) is 3.30. The van der Waals surface area contributed by atoms with Crippen LogP contribution in [0, 0.1) is 0 Å². The van der Waals surface area contributed by atoms with Gasteiger partial charge in [-0.3, -0.25) is 4.79 Å². The summed E-state index contributed by atoms with van der Waals surface area (Å²) in [5, 5.41) is 4.77. The molecule has 26 heavy (non-hydrogen) atoms. The van der Waals surface area contributed by atoms with Crippen molar-refractivity contribution in [2.24, 2.45) is 0 Å². The number of aromatic nitrogens is 2. The first kappa shape index (κ1) is 19.9. The smallest absolute Gasteiger partial charge is 0.183 e. The van der Waals surface area contributed by atoms with Crippen LogP contribution in [0.1, 0.15) is 35.6 Å². The van der Waals surface area contributed by atoms with Crippen LogP contribution in [0.15, 0.2) is 60.1 Å². The van der Waals surface area contributed by atoms with Crippen LogP contribution in [0.5, 0.6) is 0 Å². The van der Waals surface area contributed by atoms with Crippen LogP contribution < -0.4 is 0 Å². The maximum atomic E-state index is 12.6. The van der Waals surface area contributed by atoms with E-state index in [0.717, 1.165) is 0 Å². The van der Waals surface area contributed by atoms with Gasteiger partial charge in [-0.1, -0.05) is 55.6 Å². The highest BCUT2D eigenvalue weighted by Crippen LogP contribution is 2.38. The van der Waals surface area contributed by atoms with Crippen molar-refractivity contribution in [1.29, 1.82) is 0 Å². The fourth-order valence-corrected chi connectivity index (χ4v) is 4.52. The Kier molecular flexibility index (Phi) is 5.68. The maximum Gasteiger partial charge on any atom is 0.183 e. The van der Waals surface area contributed by atoms with E-state index in [4.69, 9.17) is 11.6 Å². The van der Waals surface area contributed by atoms with E-state index in [9.17, 15) is 13.2 Å². The van der Waals surface area contributed by atoms with Gasteiger partial charge in [0.15, 0.2) is 15.6 Å². The van der Waals surface area contributed by atoms with Crippen LogP contribution in [0.2, 0.25) is 0 Å². The minimum Gasteiger partial charge on any atom is -0.293 e. The normalized spacial score (nSPS) is 16.9. The van der Waals surface area contributed by atoms with Gasteiger partial charge in [-0.2, -0.15) is 5.10 Å². The number of carbonyl (C=O) groups excluding carboxylic acids is 1. The molecule has 0 N–H and O–H groups in total. The monoisotopic (exact) mass is 390 g/mol. The van der Waals surface area contributed by atoms with Gasteiger partial charge in [-0.15, -0.1) is 0 Å². The van der Waals surface area contributed by atoms with Crippen molar-refractivity contribution in [3.8, 4) is 0 Å². The first-order chi connectivity index (χ1) is 12.2. The van der Waals surface area contributed by atoms with Gasteiger partial charge in [0.05, 0.1) is 22.0 Å². The molecule has 1 aliphatic rings. The van der Waals surface area contributed by atoms with E-state index >= 15 is 0 Å². The standard InChI is InChI=1S/C19H19ClN2O3S/c1-6-9-10-16(12(4)20)22-19-14(7-2)17(8-3)26(24,25)11-15(19)18(21-22)13(5)23/h6-10H,1-3,11H2,4-5H3/b10-9-,16-12-. The van der Waals surface area contributed by atoms with Gasteiger partial charge in [0.25, 0.3) is 0 Å². The zero-order valence-corrected chi connectivity index (χ0v) is 16.2. The van der Waals surface area contributed by atoms with Crippen molar-refractivity contribution >= 4 is 38.5 Å². The van der Waals surface area contributed by atoms with E-state index in [1.807, 2.05) is 0 Å². The number of fused-ring (bicyclic) bond motifs is 1. The zero-order chi connectivity index (χ0) is 19.6. The van der Waals surface area contributed by atoms with E-state index in [-0.39, 0.29) is 22.1 Å². The number of allylic oxidation sites excluding steroid dienone is 8. The highest BCUT2D eigenvalue weighted by atomic mass is 35.5. The molecule has 136 valence electrons. The predicted octanol–water partition coefficient (Wildman–Crippen LogP) is 4.27. The first-order valence-electron chi connectivity index (χ1n) is 7.70. The van der Waals surface area contributed by atoms with Gasteiger partial charge in [0, 0.05) is 23.1 Å². The highest BCUT2D eigenvalue weighted by molar-refractivity contribution is 7.95. The van der Waals surface area contributed by atoms with Gasteiger partial charge in [0.1, 0.15) is 5.69 Å². The molecule has 0 radical (unpaired) electrons. The van der Waals surface area contributed by atoms with E-state index in [2.05, 4.69) is 24.8 Å². The molecule has 0 amide bonds. The summed E-state index contributed by atoms with van der Waals surface area (Å²) in [6.45, 7) is 14.0. The molecule has 0 saturated carbocycles. The minimum atomic E-state index is -3.65. The minimum absolute atomic E-state index is 0.0514. The van der Waals surface area contributed by atoms with Gasteiger partial charge in [-0.25, -0.2) is 13.1 Å². The Morgan fingerprint density at radius 3 is 2.35 bits per heavy atom. The first-order valence-corrected chi connectivity index (χ1v) is 9.73. The number of halogens is 1. The number of sulfone groups is 1. The average Bonchev–Trinajstić information content (AvgIpc) is 2.91. The number of hydrogen-bond acceptors (Lipinski definition) is 4. The number of hydrogen-bond donors (Lipinski definition) is 0. The van der Waals surface area contributed by atoms with Gasteiger partial charge in [-0.05, 0) is 13.0 Å². The second kappa shape index (κ2) is 7.43. The lowest BCUT2D eigenvalue weighted by atomic mass is 10.0. The second-order valence-electron chi connectivity index (χ2n) is 5.60. The lowest BCUT2D eigenvalue weighted by molar-refractivity contribution is 0.101. The van der Waals surface area contributed by atoms with Crippen LogP contribution >= 0.6 is 11.6 Å². The number of carbonyl (C=O) groups is 1. The lowest BCUT2D eigenvalue weighted by Crippen LogP contribution is -2.17. The SMILES string of the molecule is C=C/C=C\C(=C(/C)Cl)n1nc(C(C)=O)c2c1C(C=C)=C(C=C)S(=O)(=O)C2. The number of Topliss-reactive ketones (excluding diaryl/α,β-unsaturated/α-hetero) is 1. The Balaban J connectivity index is 3.02. The Bertz CT molecular complexity index is 1020. The summed E-state index contributed by atoms with van der Waals surface area (Å²) in [5.74, 6) is -0.671. The Hall–Kier alpha value is -2.44. The van der Waals surface area contributed by atoms with Gasteiger partial charge >= 0.3 is 0 Å². The topological polar surface area (TPSA) is 69.0 Å². The molecule has 2 rings (SSSR count). The molecule has 7 heteroatoms. The average molecular weight is 391 g/mol. The van der Waals surface area contributed by atoms with Crippen molar-refractivity contribution in [3.05, 3.63) is 77.0 Å². The lowest BCUT2D eigenvalue weighted by Gasteiger charge is -2.19. The van der Waals surface area contributed by atoms with Crippen molar-refractivity contribution in [3.63, 3.8) is 0 Å². The molecule has 5 nitrogen and oxygen atoms in total. The van der Waals surface area contributed by atoms with Crippen molar-refractivity contribution in [2.45, 2.75) is 19.6 Å². The summed E-state index contributed by atoms with van der Waals surface area (Å²) in [5.41, 5.74) is 1.73. The van der Waals surface area contributed by atoms with Crippen molar-refractivity contribution < 1.29 is 13.2 Å². The summed E-state index contributed by atoms with van der Waals surface area (Å²) < 4.78 is 26.7. The van der Waals surface area contributed by atoms with E-state index in [1.54, 1.807) is 25.2 Å². The molecule has 0 spiro atoms. The van der Waals surface area contributed by atoms with E-state index in [1.165, 1.54) is 23.8 Å². The van der Waals surface area contributed by atoms with Crippen molar-refractivity contribution in [2.75, 3.05) is 0 Å². The van der Waals surface area contributed by atoms with Crippen LogP contribution in [0.25, 0.3) is 11.3 Å². The fourth-order valence-electron chi connectivity index (χ4n) is 2.80. The van der Waals surface area contributed by atoms with Crippen molar-refractivity contribution in [1.82, 2.24) is 9.78 Å². The molecule has 0 aromatic carbocycles. The summed E-state index contributed by atoms with van der Waals surface area (Å²) in [6.07, 6.45) is 7.63. The maximum absolute atomic E-state index is 12.6. The molecular weight excluding hydrogens is 372 g/mol. The molecular formula is C19H19ClN2O3S. The predicted molar refractivity (Wildman–Crippen MR) is 106 cm³/mol. The Morgan fingerprint density at radius 2 is 1.88 bits per heavy atom. The third-order valence-corrected chi connectivity index (χ3v) is 5.79. The third-order valence-electron chi connectivity index (χ3n) is 3.87. The number of ketones is 1. The molecule has 0 aliphatic carbocycles. The summed E-state index contributed by atoms with van der Waals surface area (Å²) in [7, 11) is -3.65. The Morgan fingerprint density at radius 1 is 1.23 bits per heavy atom. The fraction of sp³-hybridized carbons (Fsp3) is 0.158. The molecule has 0 fully saturated rings.